The standard InChI is InChI=1S/C20H21NO3/c1-16-7-3-4-8-19(16)24-14-6-5-13-21-20(22)15-17-9-11-18(23-2)12-10-17/h3-4,7-12H,13-15H2,1-2H3,(H,21,22). The molecule has 124 valence electrons. The zero-order chi connectivity index (χ0) is 17.2. The lowest BCUT2D eigenvalue weighted by Gasteiger charge is -2.05. The van der Waals surface area contributed by atoms with Crippen molar-refractivity contribution in [1.29, 1.82) is 0 Å². The molecular weight excluding hydrogens is 302 g/mol. The molecule has 0 aliphatic rings. The van der Waals surface area contributed by atoms with E-state index in [-0.39, 0.29) is 5.91 Å². The van der Waals surface area contributed by atoms with Crippen LogP contribution in [0.4, 0.5) is 0 Å². The van der Waals surface area contributed by atoms with Gasteiger partial charge in [-0.2, -0.15) is 0 Å². The van der Waals surface area contributed by atoms with Gasteiger partial charge in [0.2, 0.25) is 5.91 Å². The highest BCUT2D eigenvalue weighted by molar-refractivity contribution is 5.78. The number of para-hydroxylation sites is 1. The van der Waals surface area contributed by atoms with E-state index in [1.165, 1.54) is 0 Å². The molecule has 0 saturated heterocycles. The van der Waals surface area contributed by atoms with Crippen molar-refractivity contribution in [2.75, 3.05) is 20.3 Å². The first-order valence-electron chi connectivity index (χ1n) is 7.73. The maximum absolute atomic E-state index is 11.8. The highest BCUT2D eigenvalue weighted by Crippen LogP contribution is 2.15. The first-order valence-corrected chi connectivity index (χ1v) is 7.73. The smallest absolute Gasteiger partial charge is 0.225 e. The van der Waals surface area contributed by atoms with Crippen LogP contribution in [-0.2, 0) is 11.2 Å². The fourth-order valence-corrected chi connectivity index (χ4v) is 2.08. The van der Waals surface area contributed by atoms with Gasteiger partial charge in [0, 0.05) is 0 Å². The molecule has 2 aromatic carbocycles. The lowest BCUT2D eigenvalue weighted by atomic mass is 10.1. The van der Waals surface area contributed by atoms with Crippen molar-refractivity contribution in [3.63, 3.8) is 0 Å². The Morgan fingerprint density at radius 2 is 1.83 bits per heavy atom. The molecule has 0 unspecified atom stereocenters. The van der Waals surface area contributed by atoms with Crippen LogP contribution in [-0.4, -0.2) is 26.2 Å². The lowest BCUT2D eigenvalue weighted by molar-refractivity contribution is -0.120. The summed E-state index contributed by atoms with van der Waals surface area (Å²) in [4.78, 5) is 11.8. The second-order valence-corrected chi connectivity index (χ2v) is 5.21. The van der Waals surface area contributed by atoms with Crippen molar-refractivity contribution >= 4 is 5.91 Å². The topological polar surface area (TPSA) is 47.6 Å². The zero-order valence-electron chi connectivity index (χ0n) is 14.0. The number of aryl methyl sites for hydroxylation is 1. The van der Waals surface area contributed by atoms with E-state index in [4.69, 9.17) is 9.47 Å². The highest BCUT2D eigenvalue weighted by Gasteiger charge is 2.02. The molecule has 0 aromatic heterocycles. The number of carbonyl (C=O) groups excluding carboxylic acids is 1. The Labute approximate surface area is 142 Å². The molecule has 1 amide bonds. The van der Waals surface area contributed by atoms with Crippen LogP contribution in [0.15, 0.2) is 48.5 Å². The summed E-state index contributed by atoms with van der Waals surface area (Å²) in [6.07, 6.45) is 0.325. The Morgan fingerprint density at radius 3 is 2.54 bits per heavy atom. The maximum atomic E-state index is 11.8. The maximum Gasteiger partial charge on any atom is 0.225 e. The predicted molar refractivity (Wildman–Crippen MR) is 94.2 cm³/mol. The Bertz CT molecular complexity index is 727. The number of benzene rings is 2. The first-order chi connectivity index (χ1) is 11.7. The largest absolute Gasteiger partial charge is 0.497 e. The average molecular weight is 323 g/mol. The second kappa shape index (κ2) is 9.26. The van der Waals surface area contributed by atoms with Gasteiger partial charge in [0.05, 0.1) is 20.1 Å². The van der Waals surface area contributed by atoms with Crippen molar-refractivity contribution in [2.45, 2.75) is 13.3 Å². The lowest BCUT2D eigenvalue weighted by Crippen LogP contribution is -2.25. The van der Waals surface area contributed by atoms with Gasteiger partial charge in [-0.15, -0.1) is 0 Å². The van der Waals surface area contributed by atoms with Crippen molar-refractivity contribution in [3.05, 3.63) is 59.7 Å². The van der Waals surface area contributed by atoms with Crippen molar-refractivity contribution in [2.24, 2.45) is 0 Å². The summed E-state index contributed by atoms with van der Waals surface area (Å²) in [5.41, 5.74) is 2.01. The predicted octanol–water partition coefficient (Wildman–Crippen LogP) is 2.74. The summed E-state index contributed by atoms with van der Waals surface area (Å²) in [6.45, 7) is 2.60. The first kappa shape index (κ1) is 17.4. The molecule has 4 heteroatoms. The van der Waals surface area contributed by atoms with E-state index < -0.39 is 0 Å². The Hall–Kier alpha value is -2.93. The molecule has 0 radical (unpaired) electrons. The normalized spacial score (nSPS) is 9.58. The molecule has 0 heterocycles. The van der Waals surface area contributed by atoms with E-state index >= 15 is 0 Å². The van der Waals surface area contributed by atoms with Gasteiger partial charge in [-0.1, -0.05) is 42.2 Å². The number of nitrogens with one attached hydrogen (secondary N) is 1. The minimum absolute atomic E-state index is 0.0608. The number of hydrogen-bond donors (Lipinski definition) is 1. The van der Waals surface area contributed by atoms with E-state index in [1.807, 2.05) is 55.5 Å². The van der Waals surface area contributed by atoms with Crippen LogP contribution < -0.4 is 14.8 Å². The van der Waals surface area contributed by atoms with Crippen molar-refractivity contribution in [3.8, 4) is 23.3 Å². The van der Waals surface area contributed by atoms with E-state index in [0.717, 1.165) is 22.6 Å². The Balaban J connectivity index is 1.68. The third kappa shape index (κ3) is 5.69. The molecule has 0 aliphatic heterocycles. The Morgan fingerprint density at radius 1 is 1.08 bits per heavy atom. The minimum atomic E-state index is -0.0608. The molecular formula is C20H21NO3. The molecule has 0 atom stereocenters. The summed E-state index contributed by atoms with van der Waals surface area (Å²) in [5.74, 6) is 7.32. The minimum Gasteiger partial charge on any atom is -0.497 e. The van der Waals surface area contributed by atoms with E-state index in [0.29, 0.717) is 19.6 Å². The SMILES string of the molecule is COc1ccc(CC(=O)NCC#CCOc2ccccc2C)cc1. The summed E-state index contributed by atoms with van der Waals surface area (Å²) in [5, 5.41) is 2.77. The summed E-state index contributed by atoms with van der Waals surface area (Å²) >= 11 is 0. The van der Waals surface area contributed by atoms with Crippen LogP contribution in [0.1, 0.15) is 11.1 Å². The molecule has 0 saturated carbocycles. The molecule has 0 aliphatic carbocycles. The van der Waals surface area contributed by atoms with E-state index in [9.17, 15) is 4.79 Å². The molecule has 24 heavy (non-hydrogen) atoms. The van der Waals surface area contributed by atoms with Crippen LogP contribution in [0.5, 0.6) is 11.5 Å². The number of methoxy groups -OCH3 is 1. The number of ether oxygens (including phenoxy) is 2. The zero-order valence-corrected chi connectivity index (χ0v) is 14.0. The van der Waals surface area contributed by atoms with Gasteiger partial charge in [0.1, 0.15) is 18.1 Å². The number of amides is 1. The third-order valence-corrected chi connectivity index (χ3v) is 3.42. The molecule has 0 bridgehead atoms. The summed E-state index contributed by atoms with van der Waals surface area (Å²) < 4.78 is 10.6. The highest BCUT2D eigenvalue weighted by atomic mass is 16.5. The molecule has 0 spiro atoms. The number of carbonyl (C=O) groups is 1. The van der Waals surface area contributed by atoms with Crippen LogP contribution in [0.2, 0.25) is 0 Å². The summed E-state index contributed by atoms with van der Waals surface area (Å²) in [7, 11) is 1.61. The van der Waals surface area contributed by atoms with Gasteiger partial charge in [0.15, 0.2) is 0 Å². The molecule has 2 rings (SSSR count). The summed E-state index contributed by atoms with van der Waals surface area (Å²) in [6, 6.07) is 15.2. The fraction of sp³-hybridized carbons (Fsp3) is 0.250. The molecule has 1 N–H and O–H groups in total. The molecule has 4 nitrogen and oxygen atoms in total. The van der Waals surface area contributed by atoms with Gasteiger partial charge >= 0.3 is 0 Å². The quantitative estimate of drug-likeness (QED) is 0.832. The second-order valence-electron chi connectivity index (χ2n) is 5.21. The van der Waals surface area contributed by atoms with Gasteiger partial charge in [0.25, 0.3) is 0 Å². The fourth-order valence-electron chi connectivity index (χ4n) is 2.08. The van der Waals surface area contributed by atoms with Crippen LogP contribution in [0.25, 0.3) is 0 Å². The van der Waals surface area contributed by atoms with Crippen molar-refractivity contribution in [1.82, 2.24) is 5.32 Å². The van der Waals surface area contributed by atoms with Gasteiger partial charge in [-0.05, 0) is 36.2 Å². The average Bonchev–Trinajstić information content (AvgIpc) is 2.60. The van der Waals surface area contributed by atoms with Crippen LogP contribution in [0, 0.1) is 18.8 Å². The molecule has 2 aromatic rings. The van der Waals surface area contributed by atoms with Crippen molar-refractivity contribution < 1.29 is 14.3 Å². The third-order valence-electron chi connectivity index (χ3n) is 3.42. The van der Waals surface area contributed by atoms with Gasteiger partial charge in [-0.25, -0.2) is 0 Å². The number of hydrogen-bond acceptors (Lipinski definition) is 3. The molecule has 0 fully saturated rings. The Kier molecular flexibility index (Phi) is 6.73. The monoisotopic (exact) mass is 323 g/mol. The van der Waals surface area contributed by atoms with Crippen LogP contribution in [0.3, 0.4) is 0 Å². The van der Waals surface area contributed by atoms with Gasteiger partial charge in [-0.3, -0.25) is 4.79 Å². The van der Waals surface area contributed by atoms with E-state index in [1.54, 1.807) is 7.11 Å². The van der Waals surface area contributed by atoms with E-state index in [2.05, 4.69) is 17.2 Å². The number of rotatable bonds is 6. The van der Waals surface area contributed by atoms with Crippen LogP contribution >= 0.6 is 0 Å². The van der Waals surface area contributed by atoms with Gasteiger partial charge < -0.3 is 14.8 Å².